The van der Waals surface area contributed by atoms with Crippen LogP contribution in [0.1, 0.15) is 81.6 Å². The molecule has 0 radical (unpaired) electrons. The molecule has 1 amide bonds. The highest BCUT2D eigenvalue weighted by atomic mass is 16.5. The molecule has 0 bridgehead atoms. The van der Waals surface area contributed by atoms with Crippen molar-refractivity contribution >= 4 is 23.3 Å². The van der Waals surface area contributed by atoms with E-state index in [9.17, 15) is 9.59 Å². The molecule has 2 fully saturated rings. The predicted molar refractivity (Wildman–Crippen MR) is 172 cm³/mol. The first kappa shape index (κ1) is 29.9. The molecule has 5 nitrogen and oxygen atoms in total. The highest BCUT2D eigenvalue weighted by molar-refractivity contribution is 6.08. The molecule has 1 unspecified atom stereocenters. The minimum absolute atomic E-state index is 0.0102. The Bertz CT molecular complexity index is 1340. The molecule has 1 aliphatic carbocycles. The summed E-state index contributed by atoms with van der Waals surface area (Å²) >= 11 is 0. The summed E-state index contributed by atoms with van der Waals surface area (Å²) in [5.74, 6) is 0.771. The second-order valence-electron chi connectivity index (χ2n) is 13.1. The number of anilines is 2. The number of piperidine rings is 1. The van der Waals surface area contributed by atoms with Crippen molar-refractivity contribution in [1.82, 2.24) is 0 Å². The van der Waals surface area contributed by atoms with Gasteiger partial charge in [0.25, 0.3) is 5.91 Å². The molecule has 1 atom stereocenters. The van der Waals surface area contributed by atoms with E-state index in [1.165, 1.54) is 31.9 Å². The van der Waals surface area contributed by atoms with Crippen molar-refractivity contribution in [3.05, 3.63) is 83.9 Å². The summed E-state index contributed by atoms with van der Waals surface area (Å²) in [4.78, 5) is 28.5. The maximum absolute atomic E-state index is 13.4. The Morgan fingerprint density at radius 1 is 0.810 bits per heavy atom. The van der Waals surface area contributed by atoms with Crippen molar-refractivity contribution in [2.75, 3.05) is 30.4 Å². The van der Waals surface area contributed by atoms with E-state index in [0.29, 0.717) is 17.4 Å². The fraction of sp³-hybridized carbons (Fsp3) is 0.459. The van der Waals surface area contributed by atoms with Gasteiger partial charge < -0.3 is 15.0 Å². The van der Waals surface area contributed by atoms with E-state index in [2.05, 4.69) is 67.4 Å². The van der Waals surface area contributed by atoms with Crippen molar-refractivity contribution in [3.8, 4) is 11.1 Å². The van der Waals surface area contributed by atoms with Crippen LogP contribution in [0.25, 0.3) is 11.1 Å². The maximum atomic E-state index is 13.4. The van der Waals surface area contributed by atoms with Crippen LogP contribution in [0.4, 0.5) is 11.4 Å². The average molecular weight is 567 g/mol. The van der Waals surface area contributed by atoms with Gasteiger partial charge in [-0.25, -0.2) is 0 Å². The maximum Gasteiger partial charge on any atom is 0.309 e. The molecule has 0 aromatic heterocycles. The molecule has 3 aromatic rings. The molecule has 1 saturated carbocycles. The molecular weight excluding hydrogens is 520 g/mol. The molecular formula is C37H46N2O3. The van der Waals surface area contributed by atoms with Gasteiger partial charge in [0.05, 0.1) is 13.0 Å². The number of esters is 1. The Labute approximate surface area is 251 Å². The third-order valence-corrected chi connectivity index (χ3v) is 9.40. The number of nitrogens with one attached hydrogen (secondary N) is 1. The lowest BCUT2D eigenvalue weighted by Crippen LogP contribution is -2.41. The Hall–Kier alpha value is -3.60. The van der Waals surface area contributed by atoms with E-state index in [4.69, 9.17) is 4.74 Å². The summed E-state index contributed by atoms with van der Waals surface area (Å²) in [6.45, 7) is 8.47. The Morgan fingerprint density at radius 3 is 2.05 bits per heavy atom. The van der Waals surface area contributed by atoms with Crippen LogP contribution in [0, 0.1) is 17.8 Å². The van der Waals surface area contributed by atoms with E-state index < -0.39 is 0 Å². The number of rotatable bonds is 7. The lowest BCUT2D eigenvalue weighted by Gasteiger charge is -2.40. The molecule has 1 heterocycles. The summed E-state index contributed by atoms with van der Waals surface area (Å²) < 4.78 is 5.27. The highest BCUT2D eigenvalue weighted by Crippen LogP contribution is 2.39. The monoisotopic (exact) mass is 566 g/mol. The predicted octanol–water partition coefficient (Wildman–Crippen LogP) is 8.49. The van der Waals surface area contributed by atoms with Crippen LogP contribution in [-0.4, -0.2) is 32.1 Å². The largest absolute Gasteiger partial charge is 0.469 e. The first-order valence-corrected chi connectivity index (χ1v) is 15.7. The molecule has 0 spiro atoms. The summed E-state index contributed by atoms with van der Waals surface area (Å²) in [6, 6.07) is 24.4. The molecule has 2 aliphatic rings. The van der Waals surface area contributed by atoms with Gasteiger partial charge in [-0.05, 0) is 90.0 Å². The van der Waals surface area contributed by atoms with Gasteiger partial charge in [-0.3, -0.25) is 9.59 Å². The highest BCUT2D eigenvalue weighted by Gasteiger charge is 2.38. The zero-order valence-electron chi connectivity index (χ0n) is 25.7. The lowest BCUT2D eigenvalue weighted by atomic mass is 9.71. The summed E-state index contributed by atoms with van der Waals surface area (Å²) in [7, 11) is 1.54. The summed E-state index contributed by atoms with van der Waals surface area (Å²) in [5, 5.41) is 3.10. The Morgan fingerprint density at radius 2 is 1.43 bits per heavy atom. The van der Waals surface area contributed by atoms with Crippen molar-refractivity contribution in [2.45, 2.75) is 71.1 Å². The molecule has 5 rings (SSSR count). The summed E-state index contributed by atoms with van der Waals surface area (Å²) in [6.07, 6.45) is 8.07. The molecule has 1 saturated heterocycles. The van der Waals surface area contributed by atoms with E-state index in [1.807, 2.05) is 36.4 Å². The minimum Gasteiger partial charge on any atom is -0.469 e. The number of amides is 1. The molecule has 222 valence electrons. The quantitative estimate of drug-likeness (QED) is 0.291. The topological polar surface area (TPSA) is 58.6 Å². The van der Waals surface area contributed by atoms with E-state index >= 15 is 0 Å². The normalized spacial score (nSPS) is 17.5. The van der Waals surface area contributed by atoms with Gasteiger partial charge >= 0.3 is 5.97 Å². The van der Waals surface area contributed by atoms with E-state index in [-0.39, 0.29) is 23.2 Å². The van der Waals surface area contributed by atoms with Gasteiger partial charge in [0.2, 0.25) is 0 Å². The van der Waals surface area contributed by atoms with Gasteiger partial charge in [0, 0.05) is 30.0 Å². The first-order chi connectivity index (χ1) is 20.2. The lowest BCUT2D eigenvalue weighted by molar-refractivity contribution is -0.150. The number of nitrogens with zero attached hydrogens (tertiary/aromatic N) is 1. The van der Waals surface area contributed by atoms with Crippen LogP contribution >= 0.6 is 0 Å². The van der Waals surface area contributed by atoms with Crippen molar-refractivity contribution in [1.29, 1.82) is 0 Å². The second-order valence-corrected chi connectivity index (χ2v) is 13.1. The SMILES string of the molecule is COC(=O)C(C1CCCCC1)C1CCN(c2ccc(NC(=O)c3ccccc3-c3ccc(C(C)(C)C)cc3)cc2)CC1. The number of carbonyl (C=O) groups excluding carboxylic acids is 2. The average Bonchev–Trinajstić information content (AvgIpc) is 3.02. The fourth-order valence-corrected chi connectivity index (χ4v) is 6.95. The first-order valence-electron chi connectivity index (χ1n) is 15.7. The molecule has 1 aliphatic heterocycles. The van der Waals surface area contributed by atoms with E-state index in [1.54, 1.807) is 0 Å². The van der Waals surface area contributed by atoms with Gasteiger partial charge in [0.15, 0.2) is 0 Å². The second kappa shape index (κ2) is 13.1. The molecule has 42 heavy (non-hydrogen) atoms. The third kappa shape index (κ3) is 6.88. The number of carbonyl (C=O) groups is 2. The number of hydrogen-bond donors (Lipinski definition) is 1. The van der Waals surface area contributed by atoms with Crippen LogP contribution < -0.4 is 10.2 Å². The standard InChI is InChI=1S/C37H46N2O3/c1-37(2,3)29-16-14-26(15-17-29)32-12-8-9-13-33(32)35(40)38-30-18-20-31(21-19-30)39-24-22-28(23-25-39)34(36(41)42-4)27-10-6-5-7-11-27/h8-9,12-21,27-28,34H,5-7,10-11,22-25H2,1-4H3,(H,38,40). The number of ether oxygens (including phenoxy) is 1. The smallest absolute Gasteiger partial charge is 0.309 e. The van der Waals surface area contributed by atoms with E-state index in [0.717, 1.165) is 61.3 Å². The van der Waals surface area contributed by atoms with Gasteiger partial charge in [0.1, 0.15) is 0 Å². The molecule has 3 aromatic carbocycles. The van der Waals surface area contributed by atoms with Gasteiger partial charge in [-0.2, -0.15) is 0 Å². The van der Waals surface area contributed by atoms with Crippen LogP contribution in [-0.2, 0) is 14.9 Å². The van der Waals surface area contributed by atoms with Crippen molar-refractivity contribution in [3.63, 3.8) is 0 Å². The van der Waals surface area contributed by atoms with Gasteiger partial charge in [-0.15, -0.1) is 0 Å². The molecule has 1 N–H and O–H groups in total. The zero-order valence-corrected chi connectivity index (χ0v) is 25.7. The van der Waals surface area contributed by atoms with Crippen LogP contribution in [0.3, 0.4) is 0 Å². The van der Waals surface area contributed by atoms with Crippen molar-refractivity contribution < 1.29 is 14.3 Å². The van der Waals surface area contributed by atoms with Crippen LogP contribution in [0.2, 0.25) is 0 Å². The summed E-state index contributed by atoms with van der Waals surface area (Å²) in [5.41, 5.74) is 5.89. The zero-order chi connectivity index (χ0) is 29.7. The third-order valence-electron chi connectivity index (χ3n) is 9.40. The Kier molecular flexibility index (Phi) is 9.35. The number of benzene rings is 3. The van der Waals surface area contributed by atoms with Crippen LogP contribution in [0.15, 0.2) is 72.8 Å². The van der Waals surface area contributed by atoms with Crippen molar-refractivity contribution in [2.24, 2.45) is 17.8 Å². The minimum atomic E-state index is -0.115. The number of hydrogen-bond acceptors (Lipinski definition) is 4. The molecule has 5 heteroatoms. The Balaban J connectivity index is 1.21. The number of methoxy groups -OCH3 is 1. The fourth-order valence-electron chi connectivity index (χ4n) is 6.95. The van der Waals surface area contributed by atoms with Gasteiger partial charge in [-0.1, -0.05) is 82.5 Å². The van der Waals surface area contributed by atoms with Crippen LogP contribution in [0.5, 0.6) is 0 Å².